The Morgan fingerprint density at radius 1 is 0.750 bits per heavy atom. The SMILES string of the molecule is OCCN1Cc2ccccc2CCc2ccccc2C1. The van der Waals surface area contributed by atoms with Gasteiger partial charge in [0.15, 0.2) is 0 Å². The smallest absolute Gasteiger partial charge is 0.0558 e. The minimum Gasteiger partial charge on any atom is -0.395 e. The van der Waals surface area contributed by atoms with Crippen molar-refractivity contribution >= 4 is 0 Å². The second kappa shape index (κ2) is 6.21. The van der Waals surface area contributed by atoms with Crippen molar-refractivity contribution in [3.05, 3.63) is 70.8 Å². The van der Waals surface area contributed by atoms with Gasteiger partial charge in [0.25, 0.3) is 0 Å². The van der Waals surface area contributed by atoms with Gasteiger partial charge in [0.05, 0.1) is 6.61 Å². The number of aryl methyl sites for hydroxylation is 2. The Morgan fingerprint density at radius 2 is 1.20 bits per heavy atom. The molecule has 0 fully saturated rings. The molecule has 2 aromatic carbocycles. The van der Waals surface area contributed by atoms with Crippen molar-refractivity contribution < 1.29 is 5.11 Å². The lowest BCUT2D eigenvalue weighted by Crippen LogP contribution is -2.26. The molecule has 1 heterocycles. The van der Waals surface area contributed by atoms with Crippen molar-refractivity contribution in [3.8, 4) is 0 Å². The molecule has 2 heteroatoms. The third kappa shape index (κ3) is 2.92. The van der Waals surface area contributed by atoms with Crippen LogP contribution in [0.15, 0.2) is 48.5 Å². The largest absolute Gasteiger partial charge is 0.395 e. The van der Waals surface area contributed by atoms with Gasteiger partial charge in [0, 0.05) is 19.6 Å². The van der Waals surface area contributed by atoms with Crippen molar-refractivity contribution in [1.29, 1.82) is 0 Å². The number of fused-ring (bicyclic) bond motifs is 2. The quantitative estimate of drug-likeness (QED) is 0.904. The number of rotatable bonds is 2. The molecule has 20 heavy (non-hydrogen) atoms. The molecule has 0 unspecified atom stereocenters. The number of hydrogen-bond acceptors (Lipinski definition) is 2. The van der Waals surface area contributed by atoms with Crippen LogP contribution in [0.2, 0.25) is 0 Å². The van der Waals surface area contributed by atoms with Gasteiger partial charge in [0.1, 0.15) is 0 Å². The lowest BCUT2D eigenvalue weighted by atomic mass is 9.98. The Hall–Kier alpha value is -1.64. The van der Waals surface area contributed by atoms with Crippen LogP contribution in [0, 0.1) is 0 Å². The molecule has 104 valence electrons. The Kier molecular flexibility index (Phi) is 4.14. The van der Waals surface area contributed by atoms with Crippen LogP contribution in [0.5, 0.6) is 0 Å². The summed E-state index contributed by atoms with van der Waals surface area (Å²) in [5.74, 6) is 0. The fraction of sp³-hybridized carbons (Fsp3) is 0.333. The number of benzene rings is 2. The van der Waals surface area contributed by atoms with E-state index in [9.17, 15) is 5.11 Å². The Bertz CT molecular complexity index is 530. The number of aliphatic hydroxyl groups excluding tert-OH is 1. The first-order valence-electron chi connectivity index (χ1n) is 7.33. The van der Waals surface area contributed by atoms with Crippen LogP contribution in [-0.4, -0.2) is 23.2 Å². The summed E-state index contributed by atoms with van der Waals surface area (Å²) in [5, 5.41) is 9.31. The maximum Gasteiger partial charge on any atom is 0.0558 e. The number of β-amino-alcohol motifs (C(OH)–C–C–N with tert-alkyl or cyclic N) is 1. The van der Waals surface area contributed by atoms with E-state index in [1.54, 1.807) is 0 Å². The van der Waals surface area contributed by atoms with Crippen molar-refractivity contribution in [3.63, 3.8) is 0 Å². The van der Waals surface area contributed by atoms with Crippen molar-refractivity contribution in [2.75, 3.05) is 13.2 Å². The summed E-state index contributed by atoms with van der Waals surface area (Å²) in [6, 6.07) is 17.4. The molecular formula is C18H21NO. The maximum absolute atomic E-state index is 9.31. The zero-order valence-electron chi connectivity index (χ0n) is 11.8. The Balaban J connectivity index is 1.97. The highest BCUT2D eigenvalue weighted by molar-refractivity contribution is 5.33. The first kappa shape index (κ1) is 13.3. The van der Waals surface area contributed by atoms with E-state index in [0.29, 0.717) is 0 Å². The van der Waals surface area contributed by atoms with Gasteiger partial charge in [0.2, 0.25) is 0 Å². The molecule has 0 atom stereocenters. The molecule has 0 aliphatic carbocycles. The van der Waals surface area contributed by atoms with Gasteiger partial charge in [-0.15, -0.1) is 0 Å². The lowest BCUT2D eigenvalue weighted by molar-refractivity contribution is 0.184. The highest BCUT2D eigenvalue weighted by atomic mass is 16.3. The molecule has 0 spiro atoms. The summed E-state index contributed by atoms with van der Waals surface area (Å²) >= 11 is 0. The second-order valence-corrected chi connectivity index (χ2v) is 5.47. The topological polar surface area (TPSA) is 23.5 Å². The van der Waals surface area contributed by atoms with E-state index in [4.69, 9.17) is 0 Å². The molecule has 0 bridgehead atoms. The van der Waals surface area contributed by atoms with Crippen LogP contribution in [0.1, 0.15) is 22.3 Å². The van der Waals surface area contributed by atoms with Gasteiger partial charge < -0.3 is 5.11 Å². The third-order valence-corrected chi connectivity index (χ3v) is 4.10. The van der Waals surface area contributed by atoms with Crippen LogP contribution in [0.25, 0.3) is 0 Å². The van der Waals surface area contributed by atoms with E-state index in [1.807, 2.05) is 0 Å². The van der Waals surface area contributed by atoms with Crippen LogP contribution in [-0.2, 0) is 25.9 Å². The first-order chi connectivity index (χ1) is 9.86. The zero-order chi connectivity index (χ0) is 13.8. The van der Waals surface area contributed by atoms with Crippen molar-refractivity contribution in [2.24, 2.45) is 0 Å². The molecule has 2 nitrogen and oxygen atoms in total. The number of nitrogens with zero attached hydrogens (tertiary/aromatic N) is 1. The van der Waals surface area contributed by atoms with Crippen LogP contribution < -0.4 is 0 Å². The summed E-state index contributed by atoms with van der Waals surface area (Å²) in [7, 11) is 0. The lowest BCUT2D eigenvalue weighted by Gasteiger charge is -2.22. The fourth-order valence-electron chi connectivity index (χ4n) is 3.02. The van der Waals surface area contributed by atoms with Gasteiger partial charge in [-0.3, -0.25) is 4.90 Å². The third-order valence-electron chi connectivity index (χ3n) is 4.10. The average molecular weight is 267 g/mol. The molecule has 1 aliphatic rings. The highest BCUT2D eigenvalue weighted by Gasteiger charge is 2.14. The standard InChI is InChI=1S/C18H21NO/c20-12-11-19-13-17-7-3-1-5-15(17)9-10-16-6-2-4-8-18(16)14-19/h1-8,20H,9-14H2. The van der Waals surface area contributed by atoms with Crippen LogP contribution in [0.3, 0.4) is 0 Å². The Morgan fingerprint density at radius 3 is 1.65 bits per heavy atom. The minimum atomic E-state index is 0.213. The fourth-order valence-corrected chi connectivity index (χ4v) is 3.02. The summed E-state index contributed by atoms with van der Waals surface area (Å²) in [6.45, 7) is 2.78. The van der Waals surface area contributed by atoms with Gasteiger partial charge in [-0.05, 0) is 35.1 Å². The molecule has 1 N–H and O–H groups in total. The summed E-state index contributed by atoms with van der Waals surface area (Å²) in [6.07, 6.45) is 2.19. The van der Waals surface area contributed by atoms with E-state index in [-0.39, 0.29) is 6.61 Å². The molecule has 0 amide bonds. The monoisotopic (exact) mass is 267 g/mol. The molecule has 1 aliphatic heterocycles. The molecule has 3 rings (SSSR count). The predicted molar refractivity (Wildman–Crippen MR) is 81.5 cm³/mol. The van der Waals surface area contributed by atoms with E-state index in [0.717, 1.165) is 32.5 Å². The summed E-state index contributed by atoms with van der Waals surface area (Å²) in [4.78, 5) is 2.34. The predicted octanol–water partition coefficient (Wildman–Crippen LogP) is 2.78. The van der Waals surface area contributed by atoms with E-state index >= 15 is 0 Å². The second-order valence-electron chi connectivity index (χ2n) is 5.47. The van der Waals surface area contributed by atoms with E-state index in [1.165, 1.54) is 22.3 Å². The molecule has 0 saturated heterocycles. The highest BCUT2D eigenvalue weighted by Crippen LogP contribution is 2.21. The summed E-state index contributed by atoms with van der Waals surface area (Å²) < 4.78 is 0. The van der Waals surface area contributed by atoms with Crippen LogP contribution >= 0.6 is 0 Å². The maximum atomic E-state index is 9.31. The average Bonchev–Trinajstić information content (AvgIpc) is 2.54. The van der Waals surface area contributed by atoms with Gasteiger partial charge in [-0.1, -0.05) is 48.5 Å². The zero-order valence-corrected chi connectivity index (χ0v) is 11.8. The molecule has 0 radical (unpaired) electrons. The number of hydrogen-bond donors (Lipinski definition) is 1. The van der Waals surface area contributed by atoms with Gasteiger partial charge in [-0.25, -0.2) is 0 Å². The number of aliphatic hydroxyl groups is 1. The van der Waals surface area contributed by atoms with Crippen molar-refractivity contribution in [2.45, 2.75) is 25.9 Å². The minimum absolute atomic E-state index is 0.213. The summed E-state index contributed by atoms with van der Waals surface area (Å²) in [5.41, 5.74) is 5.67. The van der Waals surface area contributed by atoms with E-state index in [2.05, 4.69) is 53.4 Å². The molecule has 0 aromatic heterocycles. The normalized spacial score (nSPS) is 15.7. The van der Waals surface area contributed by atoms with E-state index < -0.39 is 0 Å². The van der Waals surface area contributed by atoms with Gasteiger partial charge in [-0.2, -0.15) is 0 Å². The van der Waals surface area contributed by atoms with Crippen LogP contribution in [0.4, 0.5) is 0 Å². The Labute approximate surface area is 120 Å². The first-order valence-corrected chi connectivity index (χ1v) is 7.33. The molecular weight excluding hydrogens is 246 g/mol. The molecule has 0 saturated carbocycles. The van der Waals surface area contributed by atoms with Gasteiger partial charge >= 0.3 is 0 Å². The molecule has 2 aromatic rings. The van der Waals surface area contributed by atoms with Crippen molar-refractivity contribution in [1.82, 2.24) is 4.90 Å².